The van der Waals surface area contributed by atoms with E-state index in [4.69, 9.17) is 16.4 Å². The zero-order valence-corrected chi connectivity index (χ0v) is 17.3. The van der Waals surface area contributed by atoms with Crippen LogP contribution in [0.25, 0.3) is 5.69 Å². The summed E-state index contributed by atoms with van der Waals surface area (Å²) in [5, 5.41) is 11.6. The lowest BCUT2D eigenvalue weighted by molar-refractivity contribution is -0.131. The van der Waals surface area contributed by atoms with Crippen molar-refractivity contribution in [2.24, 2.45) is 5.16 Å². The number of nitrogens with zero attached hydrogens (tertiary/aromatic N) is 3. The minimum absolute atomic E-state index is 0.147. The van der Waals surface area contributed by atoms with Crippen LogP contribution in [0.15, 0.2) is 53.7 Å². The molecule has 2 heterocycles. The number of carbonyl (C=O) groups is 1. The molecule has 1 aromatic heterocycles. The van der Waals surface area contributed by atoms with E-state index in [1.54, 1.807) is 6.07 Å². The fourth-order valence-corrected chi connectivity index (χ4v) is 3.75. The SMILES string of the molecule is Cc1nn(-c2ccccc2)c(C)c1CNC(=O)C1CC(c2c(F)cccc2Cl)=NO1. The lowest BCUT2D eigenvalue weighted by Crippen LogP contribution is -2.34. The van der Waals surface area contributed by atoms with Gasteiger partial charge in [0, 0.05) is 24.2 Å². The number of nitrogens with one attached hydrogen (secondary N) is 1. The first-order chi connectivity index (χ1) is 14.5. The summed E-state index contributed by atoms with van der Waals surface area (Å²) < 4.78 is 16.0. The van der Waals surface area contributed by atoms with Gasteiger partial charge in [-0.05, 0) is 38.1 Å². The van der Waals surface area contributed by atoms with Crippen molar-refractivity contribution >= 4 is 23.2 Å². The summed E-state index contributed by atoms with van der Waals surface area (Å²) in [4.78, 5) is 17.8. The van der Waals surface area contributed by atoms with Gasteiger partial charge in [0.15, 0.2) is 0 Å². The zero-order valence-electron chi connectivity index (χ0n) is 16.5. The van der Waals surface area contributed by atoms with E-state index in [1.165, 1.54) is 12.1 Å². The van der Waals surface area contributed by atoms with Crippen LogP contribution >= 0.6 is 11.6 Å². The van der Waals surface area contributed by atoms with Gasteiger partial charge in [-0.25, -0.2) is 9.07 Å². The van der Waals surface area contributed by atoms with Gasteiger partial charge in [-0.3, -0.25) is 4.79 Å². The van der Waals surface area contributed by atoms with Crippen molar-refractivity contribution in [3.63, 3.8) is 0 Å². The topological polar surface area (TPSA) is 68.5 Å². The molecule has 1 atom stereocenters. The van der Waals surface area contributed by atoms with E-state index in [1.807, 2.05) is 48.9 Å². The number of para-hydroxylation sites is 1. The molecule has 6 nitrogen and oxygen atoms in total. The van der Waals surface area contributed by atoms with Crippen LogP contribution in [0.5, 0.6) is 0 Å². The van der Waals surface area contributed by atoms with Gasteiger partial charge in [0.25, 0.3) is 5.91 Å². The summed E-state index contributed by atoms with van der Waals surface area (Å²) in [6.07, 6.45) is -0.686. The molecule has 1 N–H and O–H groups in total. The Bertz CT molecular complexity index is 1110. The highest BCUT2D eigenvalue weighted by atomic mass is 35.5. The summed E-state index contributed by atoms with van der Waals surface area (Å²) in [5.74, 6) is -0.821. The van der Waals surface area contributed by atoms with Gasteiger partial charge >= 0.3 is 0 Å². The standard InChI is InChI=1S/C22H20ClFN4O2/c1-13-16(14(2)28(26-13)15-7-4-3-5-8-15)12-25-22(29)20-11-19(27-30-20)21-17(23)9-6-10-18(21)24/h3-10,20H,11-12H2,1-2H3,(H,25,29). The minimum atomic E-state index is -0.833. The molecule has 0 radical (unpaired) electrons. The molecule has 1 aliphatic rings. The van der Waals surface area contributed by atoms with Gasteiger partial charge in [-0.2, -0.15) is 5.10 Å². The summed E-state index contributed by atoms with van der Waals surface area (Å²) in [6.45, 7) is 4.17. The summed E-state index contributed by atoms with van der Waals surface area (Å²) in [6, 6.07) is 14.2. The monoisotopic (exact) mass is 426 g/mol. The van der Waals surface area contributed by atoms with Crippen molar-refractivity contribution in [1.82, 2.24) is 15.1 Å². The van der Waals surface area contributed by atoms with E-state index in [-0.39, 0.29) is 22.9 Å². The lowest BCUT2D eigenvalue weighted by Gasteiger charge is -2.10. The molecule has 8 heteroatoms. The first-order valence-electron chi connectivity index (χ1n) is 9.51. The average Bonchev–Trinajstić information content (AvgIpc) is 3.32. The van der Waals surface area contributed by atoms with Crippen LogP contribution in [0, 0.1) is 19.7 Å². The highest BCUT2D eigenvalue weighted by Gasteiger charge is 2.31. The van der Waals surface area contributed by atoms with E-state index in [9.17, 15) is 9.18 Å². The second-order valence-corrected chi connectivity index (χ2v) is 7.45. The summed E-state index contributed by atoms with van der Waals surface area (Å²) >= 11 is 6.08. The van der Waals surface area contributed by atoms with Crippen LogP contribution < -0.4 is 5.32 Å². The number of oxime groups is 1. The van der Waals surface area contributed by atoms with Crippen molar-refractivity contribution in [2.75, 3.05) is 0 Å². The van der Waals surface area contributed by atoms with Crippen LogP contribution in [0.2, 0.25) is 5.02 Å². The molecule has 0 spiro atoms. The Kier molecular flexibility index (Phi) is 5.55. The maximum atomic E-state index is 14.1. The number of hydrogen-bond donors (Lipinski definition) is 1. The fourth-order valence-electron chi connectivity index (χ4n) is 3.48. The smallest absolute Gasteiger partial charge is 0.264 e. The molecular weight excluding hydrogens is 407 g/mol. The Labute approximate surface area is 178 Å². The molecule has 1 aliphatic heterocycles. The lowest BCUT2D eigenvalue weighted by atomic mass is 10.0. The van der Waals surface area contributed by atoms with Crippen molar-refractivity contribution < 1.29 is 14.0 Å². The van der Waals surface area contributed by atoms with Crippen molar-refractivity contribution in [3.05, 3.63) is 81.9 Å². The molecule has 1 amide bonds. The molecule has 1 unspecified atom stereocenters. The van der Waals surface area contributed by atoms with Crippen molar-refractivity contribution in [1.29, 1.82) is 0 Å². The van der Waals surface area contributed by atoms with Gasteiger partial charge < -0.3 is 10.2 Å². The molecule has 30 heavy (non-hydrogen) atoms. The Balaban J connectivity index is 1.42. The third kappa shape index (κ3) is 3.80. The zero-order chi connectivity index (χ0) is 21.3. The third-order valence-corrected chi connectivity index (χ3v) is 5.41. The fraction of sp³-hybridized carbons (Fsp3) is 0.227. The van der Waals surface area contributed by atoms with Crippen LogP contribution in [-0.4, -0.2) is 27.5 Å². The molecular formula is C22H20ClFN4O2. The van der Waals surface area contributed by atoms with Crippen LogP contribution in [0.3, 0.4) is 0 Å². The molecule has 0 aliphatic carbocycles. The number of halogens is 2. The highest BCUT2D eigenvalue weighted by molar-refractivity contribution is 6.34. The maximum absolute atomic E-state index is 14.1. The molecule has 0 bridgehead atoms. The Morgan fingerprint density at radius 1 is 1.23 bits per heavy atom. The van der Waals surface area contributed by atoms with E-state index < -0.39 is 11.9 Å². The Hall–Kier alpha value is -3.19. The highest BCUT2D eigenvalue weighted by Crippen LogP contribution is 2.25. The van der Waals surface area contributed by atoms with Gasteiger partial charge in [-0.15, -0.1) is 0 Å². The van der Waals surface area contributed by atoms with E-state index >= 15 is 0 Å². The molecule has 3 aromatic rings. The normalized spacial score (nSPS) is 15.6. The van der Waals surface area contributed by atoms with Gasteiger partial charge in [0.2, 0.25) is 6.10 Å². The quantitative estimate of drug-likeness (QED) is 0.668. The van der Waals surface area contributed by atoms with Crippen LogP contribution in [-0.2, 0) is 16.2 Å². The third-order valence-electron chi connectivity index (χ3n) is 5.09. The van der Waals surface area contributed by atoms with Gasteiger partial charge in [-0.1, -0.05) is 41.0 Å². The van der Waals surface area contributed by atoms with Crippen molar-refractivity contribution in [3.8, 4) is 5.69 Å². The predicted octanol–water partition coefficient (Wildman–Crippen LogP) is 4.09. The number of amides is 1. The van der Waals surface area contributed by atoms with Crippen molar-refractivity contribution in [2.45, 2.75) is 32.9 Å². The van der Waals surface area contributed by atoms with E-state index in [0.717, 1.165) is 22.6 Å². The first-order valence-corrected chi connectivity index (χ1v) is 9.89. The molecule has 154 valence electrons. The number of carbonyl (C=O) groups excluding carboxylic acids is 1. The largest absolute Gasteiger partial charge is 0.382 e. The average molecular weight is 427 g/mol. The number of aryl methyl sites for hydroxylation is 1. The Morgan fingerprint density at radius 2 is 2.00 bits per heavy atom. The minimum Gasteiger partial charge on any atom is -0.382 e. The van der Waals surface area contributed by atoms with Crippen LogP contribution in [0.4, 0.5) is 4.39 Å². The second kappa shape index (κ2) is 8.28. The van der Waals surface area contributed by atoms with Gasteiger partial charge in [0.1, 0.15) is 5.82 Å². The molecule has 0 fully saturated rings. The molecule has 2 aromatic carbocycles. The predicted molar refractivity (Wildman–Crippen MR) is 112 cm³/mol. The Morgan fingerprint density at radius 3 is 2.73 bits per heavy atom. The second-order valence-electron chi connectivity index (χ2n) is 7.05. The molecule has 0 saturated carbocycles. The summed E-state index contributed by atoms with van der Waals surface area (Å²) in [7, 11) is 0. The van der Waals surface area contributed by atoms with Gasteiger partial charge in [0.05, 0.1) is 27.7 Å². The van der Waals surface area contributed by atoms with E-state index in [0.29, 0.717) is 12.3 Å². The summed E-state index contributed by atoms with van der Waals surface area (Å²) in [5.41, 5.74) is 4.16. The molecule has 4 rings (SSSR count). The number of rotatable bonds is 5. The number of aromatic nitrogens is 2. The number of benzene rings is 2. The molecule has 0 saturated heterocycles. The van der Waals surface area contributed by atoms with Crippen LogP contribution in [0.1, 0.15) is 28.9 Å². The van der Waals surface area contributed by atoms with E-state index in [2.05, 4.69) is 15.6 Å². The number of hydrogen-bond acceptors (Lipinski definition) is 4. The first kappa shape index (κ1) is 20.1. The maximum Gasteiger partial charge on any atom is 0.264 e.